The topological polar surface area (TPSA) is 26.3 Å². The predicted octanol–water partition coefficient (Wildman–Crippen LogP) is 1.49. The van der Waals surface area contributed by atoms with Crippen LogP contribution in [0.1, 0.15) is 32.1 Å². The van der Waals surface area contributed by atoms with E-state index in [1.165, 1.54) is 6.42 Å². The number of cyclic esters (lactones) is 1. The van der Waals surface area contributed by atoms with Gasteiger partial charge in [-0.25, -0.2) is 0 Å². The van der Waals surface area contributed by atoms with Crippen LogP contribution in [0.15, 0.2) is 0 Å². The summed E-state index contributed by atoms with van der Waals surface area (Å²) in [6, 6.07) is 0. The maximum Gasteiger partial charge on any atom is 0.312 e. The third-order valence-electron chi connectivity index (χ3n) is 2.57. The van der Waals surface area contributed by atoms with Gasteiger partial charge in [-0.3, -0.25) is 4.79 Å². The molecule has 2 rings (SSSR count). The number of carbonyl (C=O) groups is 1. The van der Waals surface area contributed by atoms with Crippen LogP contribution in [0.3, 0.4) is 0 Å². The van der Waals surface area contributed by atoms with Crippen molar-refractivity contribution in [3.8, 4) is 0 Å². The number of hydrogen-bond acceptors (Lipinski definition) is 2. The van der Waals surface area contributed by atoms with E-state index in [1.54, 1.807) is 0 Å². The molecule has 0 radical (unpaired) electrons. The first kappa shape index (κ1) is 6.20. The van der Waals surface area contributed by atoms with E-state index in [0.29, 0.717) is 6.61 Å². The fraction of sp³-hybridized carbons (Fsp3) is 0.875. The molecule has 1 saturated heterocycles. The van der Waals surface area contributed by atoms with Gasteiger partial charge >= 0.3 is 5.97 Å². The van der Waals surface area contributed by atoms with Gasteiger partial charge < -0.3 is 4.74 Å². The molecule has 0 aromatic heterocycles. The first-order valence-electron chi connectivity index (χ1n) is 4.01. The molecule has 2 heteroatoms. The van der Waals surface area contributed by atoms with Gasteiger partial charge in [-0.15, -0.1) is 0 Å². The second-order valence-corrected chi connectivity index (χ2v) is 3.37. The first-order chi connectivity index (χ1) is 4.83. The Kier molecular flexibility index (Phi) is 1.22. The molecule has 2 fully saturated rings. The molecule has 56 valence electrons. The van der Waals surface area contributed by atoms with Gasteiger partial charge in [0.25, 0.3) is 0 Å². The lowest BCUT2D eigenvalue weighted by Crippen LogP contribution is -2.16. The first-order valence-corrected chi connectivity index (χ1v) is 4.01. The zero-order chi connectivity index (χ0) is 7.03. The molecule has 10 heavy (non-hydrogen) atoms. The Labute approximate surface area is 60.6 Å². The van der Waals surface area contributed by atoms with Crippen molar-refractivity contribution >= 4 is 5.97 Å². The summed E-state index contributed by atoms with van der Waals surface area (Å²) >= 11 is 0. The summed E-state index contributed by atoms with van der Waals surface area (Å²) in [7, 11) is 0. The third kappa shape index (κ3) is 0.825. The Bertz CT molecular complexity index is 159. The molecule has 1 aliphatic heterocycles. The minimum atomic E-state index is 0.0104. The Hall–Kier alpha value is -0.530. The maximum atomic E-state index is 11.2. The molecule has 0 aromatic carbocycles. The number of ether oxygens (including phenoxy) is 1. The van der Waals surface area contributed by atoms with Crippen molar-refractivity contribution < 1.29 is 9.53 Å². The molecular formula is C8H12O2. The molecule has 2 aliphatic rings. The normalized spacial score (nSPS) is 29.4. The molecule has 1 aliphatic carbocycles. The average Bonchev–Trinajstić information content (AvgIpc) is 2.69. The van der Waals surface area contributed by atoms with Crippen molar-refractivity contribution in [1.29, 1.82) is 0 Å². The Morgan fingerprint density at radius 1 is 1.20 bits per heavy atom. The van der Waals surface area contributed by atoms with Crippen LogP contribution in [0.4, 0.5) is 0 Å². The smallest absolute Gasteiger partial charge is 0.312 e. The fourth-order valence-electron chi connectivity index (χ4n) is 1.59. The highest BCUT2D eigenvalue weighted by Gasteiger charge is 2.51. The highest BCUT2D eigenvalue weighted by molar-refractivity contribution is 5.79. The van der Waals surface area contributed by atoms with Crippen molar-refractivity contribution in [2.45, 2.75) is 32.1 Å². The lowest BCUT2D eigenvalue weighted by Gasteiger charge is -2.06. The minimum absolute atomic E-state index is 0.0104. The largest absolute Gasteiger partial charge is 0.465 e. The van der Waals surface area contributed by atoms with Gasteiger partial charge in [-0.05, 0) is 32.1 Å². The van der Waals surface area contributed by atoms with Crippen molar-refractivity contribution in [3.63, 3.8) is 0 Å². The summed E-state index contributed by atoms with van der Waals surface area (Å²) in [6.07, 6.45) is 5.46. The van der Waals surface area contributed by atoms with E-state index in [0.717, 1.165) is 25.7 Å². The fourth-order valence-corrected chi connectivity index (χ4v) is 1.59. The van der Waals surface area contributed by atoms with E-state index in [4.69, 9.17) is 4.74 Å². The lowest BCUT2D eigenvalue weighted by atomic mass is 10.0. The summed E-state index contributed by atoms with van der Waals surface area (Å²) < 4.78 is 5.04. The lowest BCUT2D eigenvalue weighted by molar-refractivity contribution is -0.148. The highest BCUT2D eigenvalue weighted by atomic mass is 16.5. The summed E-state index contributed by atoms with van der Waals surface area (Å²) in [5.41, 5.74) is 0.0104. The van der Waals surface area contributed by atoms with Gasteiger partial charge in [0.05, 0.1) is 12.0 Å². The molecule has 1 saturated carbocycles. The predicted molar refractivity (Wildman–Crippen MR) is 36.5 cm³/mol. The molecular weight excluding hydrogens is 128 g/mol. The van der Waals surface area contributed by atoms with E-state index in [1.807, 2.05) is 0 Å². The van der Waals surface area contributed by atoms with E-state index in [2.05, 4.69) is 0 Å². The summed E-state index contributed by atoms with van der Waals surface area (Å²) in [5, 5.41) is 0. The van der Waals surface area contributed by atoms with Crippen LogP contribution in [0.25, 0.3) is 0 Å². The number of esters is 1. The van der Waals surface area contributed by atoms with Crippen LogP contribution < -0.4 is 0 Å². The molecule has 0 unspecified atom stereocenters. The molecule has 0 N–H and O–H groups in total. The maximum absolute atomic E-state index is 11.2. The number of hydrogen-bond donors (Lipinski definition) is 0. The molecule has 1 heterocycles. The van der Waals surface area contributed by atoms with Crippen LogP contribution >= 0.6 is 0 Å². The standard InChI is InChI=1S/C8H12O2/c9-7-8(4-5-8)3-1-2-6-10-7/h1-6H2. The minimum Gasteiger partial charge on any atom is -0.465 e. The molecule has 2 nitrogen and oxygen atoms in total. The second kappa shape index (κ2) is 1.97. The van der Waals surface area contributed by atoms with E-state index < -0.39 is 0 Å². The van der Waals surface area contributed by atoms with Crippen LogP contribution in [-0.2, 0) is 9.53 Å². The molecule has 1 spiro atoms. The summed E-state index contributed by atoms with van der Waals surface area (Å²) in [4.78, 5) is 11.2. The molecule has 0 amide bonds. The van der Waals surface area contributed by atoms with Gasteiger partial charge in [-0.2, -0.15) is 0 Å². The van der Waals surface area contributed by atoms with Crippen molar-refractivity contribution in [3.05, 3.63) is 0 Å². The van der Waals surface area contributed by atoms with Gasteiger partial charge in [0, 0.05) is 0 Å². The quantitative estimate of drug-likeness (QED) is 0.476. The second-order valence-electron chi connectivity index (χ2n) is 3.37. The van der Waals surface area contributed by atoms with Crippen LogP contribution in [0.2, 0.25) is 0 Å². The monoisotopic (exact) mass is 140 g/mol. The highest BCUT2D eigenvalue weighted by Crippen LogP contribution is 2.51. The molecule has 0 atom stereocenters. The SMILES string of the molecule is O=C1OCCCCC12CC2. The van der Waals surface area contributed by atoms with Gasteiger partial charge in [0.2, 0.25) is 0 Å². The van der Waals surface area contributed by atoms with Crippen LogP contribution in [-0.4, -0.2) is 12.6 Å². The van der Waals surface area contributed by atoms with Gasteiger partial charge in [0.1, 0.15) is 0 Å². The van der Waals surface area contributed by atoms with Crippen LogP contribution in [0, 0.1) is 5.41 Å². The number of rotatable bonds is 0. The van der Waals surface area contributed by atoms with Gasteiger partial charge in [-0.1, -0.05) is 0 Å². The zero-order valence-corrected chi connectivity index (χ0v) is 6.06. The van der Waals surface area contributed by atoms with E-state index in [9.17, 15) is 4.79 Å². The third-order valence-corrected chi connectivity index (χ3v) is 2.57. The average molecular weight is 140 g/mol. The summed E-state index contributed by atoms with van der Waals surface area (Å²) in [5.74, 6) is 0.0741. The molecule has 0 bridgehead atoms. The van der Waals surface area contributed by atoms with Crippen LogP contribution in [0.5, 0.6) is 0 Å². The van der Waals surface area contributed by atoms with E-state index >= 15 is 0 Å². The molecule has 0 aromatic rings. The van der Waals surface area contributed by atoms with Crippen molar-refractivity contribution in [2.75, 3.05) is 6.61 Å². The zero-order valence-electron chi connectivity index (χ0n) is 6.06. The van der Waals surface area contributed by atoms with Crippen molar-refractivity contribution in [2.24, 2.45) is 5.41 Å². The summed E-state index contributed by atoms with van der Waals surface area (Å²) in [6.45, 7) is 0.653. The Morgan fingerprint density at radius 3 is 2.70 bits per heavy atom. The number of carbonyl (C=O) groups excluding carboxylic acids is 1. The Balaban J connectivity index is 2.09. The van der Waals surface area contributed by atoms with Gasteiger partial charge in [0.15, 0.2) is 0 Å². The van der Waals surface area contributed by atoms with Crippen molar-refractivity contribution in [1.82, 2.24) is 0 Å². The van der Waals surface area contributed by atoms with E-state index in [-0.39, 0.29) is 11.4 Å². The Morgan fingerprint density at radius 2 is 2.00 bits per heavy atom.